The fraction of sp³-hybridized carbons (Fsp3) is 0.152. The molecule has 0 spiro atoms. The van der Waals surface area contributed by atoms with Crippen molar-refractivity contribution in [2.75, 3.05) is 7.11 Å². The van der Waals surface area contributed by atoms with Gasteiger partial charge in [-0.25, -0.2) is 17.9 Å². The minimum absolute atomic E-state index is 0.0788. The smallest absolute Gasteiger partial charge is 0.336 e. The molecule has 208 valence electrons. The normalized spacial score (nSPS) is 13.0. The summed E-state index contributed by atoms with van der Waals surface area (Å²) in [7, 11) is -2.51. The molecule has 0 aliphatic heterocycles. The first-order valence-electron chi connectivity index (χ1n) is 13.1. The van der Waals surface area contributed by atoms with Gasteiger partial charge in [-0.2, -0.15) is 0 Å². The van der Waals surface area contributed by atoms with Crippen LogP contribution in [0.25, 0.3) is 11.0 Å². The number of hydrogen-bond donors (Lipinski definition) is 1. The maximum Gasteiger partial charge on any atom is 0.336 e. The molecule has 2 atom stereocenters. The summed E-state index contributed by atoms with van der Waals surface area (Å²) < 4.78 is 41.2. The van der Waals surface area contributed by atoms with Crippen molar-refractivity contribution in [1.29, 1.82) is 0 Å². The third-order valence-corrected chi connectivity index (χ3v) is 8.53. The number of sulfonamides is 1. The van der Waals surface area contributed by atoms with Crippen molar-refractivity contribution in [3.05, 3.63) is 142 Å². The molecule has 5 rings (SSSR count). The van der Waals surface area contributed by atoms with Gasteiger partial charge < -0.3 is 9.15 Å². The summed E-state index contributed by atoms with van der Waals surface area (Å²) in [5.74, 6) is -0.372. The molecule has 0 aliphatic rings. The highest BCUT2D eigenvalue weighted by Crippen LogP contribution is 2.39. The van der Waals surface area contributed by atoms with E-state index in [1.807, 2.05) is 13.0 Å². The number of methoxy groups -OCH3 is 1. The molecule has 0 amide bonds. The zero-order valence-corrected chi connectivity index (χ0v) is 23.4. The zero-order valence-electron chi connectivity index (χ0n) is 22.6. The molecule has 0 bridgehead atoms. The highest BCUT2D eigenvalue weighted by molar-refractivity contribution is 7.89. The number of para-hydroxylation sites is 1. The molecule has 4 aromatic carbocycles. The molecule has 41 heavy (non-hydrogen) atoms. The largest absolute Gasteiger partial charge is 0.497 e. The fourth-order valence-corrected chi connectivity index (χ4v) is 6.20. The number of benzene rings is 4. The number of carbonyl (C=O) groups excluding carboxylic acids is 1. The maximum absolute atomic E-state index is 13.8. The average Bonchev–Trinajstić information content (AvgIpc) is 2.99. The Hall–Kier alpha value is -4.53. The van der Waals surface area contributed by atoms with E-state index in [0.29, 0.717) is 33.4 Å². The van der Waals surface area contributed by atoms with E-state index in [0.717, 1.165) is 5.56 Å². The molecule has 8 heteroatoms. The Bertz CT molecular complexity index is 1830. The Morgan fingerprint density at radius 1 is 0.878 bits per heavy atom. The summed E-state index contributed by atoms with van der Waals surface area (Å²) in [6.07, 6.45) is -0.0788. The predicted molar refractivity (Wildman–Crippen MR) is 158 cm³/mol. The molecule has 0 saturated heterocycles. The molecule has 0 saturated carbocycles. The van der Waals surface area contributed by atoms with Crippen molar-refractivity contribution in [2.45, 2.75) is 30.2 Å². The molecule has 1 N–H and O–H groups in total. The maximum atomic E-state index is 13.8. The molecule has 5 aromatic rings. The number of rotatable bonds is 10. The average molecular weight is 568 g/mol. The number of carbonyl (C=O) groups is 1. The molecule has 0 aliphatic carbocycles. The van der Waals surface area contributed by atoms with Crippen LogP contribution in [0.3, 0.4) is 0 Å². The quantitative estimate of drug-likeness (QED) is 0.160. The van der Waals surface area contributed by atoms with Crippen molar-refractivity contribution < 1.29 is 22.4 Å². The molecular weight excluding hydrogens is 538 g/mol. The van der Waals surface area contributed by atoms with E-state index in [4.69, 9.17) is 9.15 Å². The van der Waals surface area contributed by atoms with Crippen LogP contribution in [0.1, 0.15) is 45.4 Å². The Morgan fingerprint density at radius 2 is 1.54 bits per heavy atom. The van der Waals surface area contributed by atoms with Gasteiger partial charge in [0.2, 0.25) is 10.0 Å². The molecule has 0 radical (unpaired) electrons. The molecule has 0 unspecified atom stereocenters. The van der Waals surface area contributed by atoms with Gasteiger partial charge in [0.25, 0.3) is 0 Å². The monoisotopic (exact) mass is 567 g/mol. The van der Waals surface area contributed by atoms with Crippen molar-refractivity contribution >= 4 is 26.8 Å². The number of aryl methyl sites for hydroxylation is 1. The van der Waals surface area contributed by atoms with E-state index in [2.05, 4.69) is 4.72 Å². The number of ketones is 1. The van der Waals surface area contributed by atoms with E-state index in [9.17, 15) is 18.0 Å². The highest BCUT2D eigenvalue weighted by Gasteiger charge is 2.33. The predicted octanol–water partition coefficient (Wildman–Crippen LogP) is 6.19. The van der Waals surface area contributed by atoms with E-state index >= 15 is 0 Å². The number of fused-ring (bicyclic) bond motifs is 1. The molecule has 0 fully saturated rings. The van der Waals surface area contributed by atoms with Crippen LogP contribution in [0.4, 0.5) is 0 Å². The van der Waals surface area contributed by atoms with Crippen LogP contribution in [-0.4, -0.2) is 21.3 Å². The SMILES string of the molecule is COc1ccc([C@@H](NS(=O)(=O)c2ccc(C)cc2)[C@@H](CC(=O)c2ccccc2)c2cc(=O)oc3ccccc23)cc1. The van der Waals surface area contributed by atoms with Gasteiger partial charge in [0, 0.05) is 29.4 Å². The van der Waals surface area contributed by atoms with Gasteiger partial charge >= 0.3 is 5.63 Å². The summed E-state index contributed by atoms with van der Waals surface area (Å²) in [5.41, 5.74) is 2.27. The topological polar surface area (TPSA) is 103 Å². The number of Topliss-reactive ketones (excluding diaryl/α,β-unsaturated/α-hetero) is 1. The zero-order chi connectivity index (χ0) is 29.0. The number of ether oxygens (including phenoxy) is 1. The Kier molecular flexibility index (Phi) is 8.14. The van der Waals surface area contributed by atoms with Gasteiger partial charge in [-0.15, -0.1) is 0 Å². The van der Waals surface area contributed by atoms with Gasteiger partial charge in [0.1, 0.15) is 11.3 Å². The first-order valence-corrected chi connectivity index (χ1v) is 14.6. The molecular formula is C33H29NO6S. The van der Waals surface area contributed by atoms with Crippen LogP contribution in [0.15, 0.2) is 123 Å². The minimum Gasteiger partial charge on any atom is -0.497 e. The van der Waals surface area contributed by atoms with E-state index in [-0.39, 0.29) is 17.1 Å². The number of nitrogens with one attached hydrogen (secondary N) is 1. The highest BCUT2D eigenvalue weighted by atomic mass is 32.2. The van der Waals surface area contributed by atoms with Crippen LogP contribution in [0.5, 0.6) is 5.75 Å². The molecule has 1 heterocycles. The van der Waals surface area contributed by atoms with Gasteiger partial charge in [0.15, 0.2) is 5.78 Å². The van der Waals surface area contributed by atoms with Crippen LogP contribution in [0, 0.1) is 6.92 Å². The lowest BCUT2D eigenvalue weighted by atomic mass is 9.82. The van der Waals surface area contributed by atoms with Crippen molar-refractivity contribution in [3.8, 4) is 5.75 Å². The van der Waals surface area contributed by atoms with Crippen LogP contribution >= 0.6 is 0 Å². The Labute approximate surface area is 238 Å². The van der Waals surface area contributed by atoms with Crippen LogP contribution in [0.2, 0.25) is 0 Å². The Balaban J connectivity index is 1.71. The summed E-state index contributed by atoms with van der Waals surface area (Å²) in [6, 6.07) is 29.8. The summed E-state index contributed by atoms with van der Waals surface area (Å²) in [4.78, 5) is 26.5. The molecule has 1 aromatic heterocycles. The fourth-order valence-electron chi connectivity index (χ4n) is 4.94. The lowest BCUT2D eigenvalue weighted by Crippen LogP contribution is -2.34. The lowest BCUT2D eigenvalue weighted by Gasteiger charge is -2.29. The second kappa shape index (κ2) is 11.9. The van der Waals surface area contributed by atoms with Crippen molar-refractivity contribution in [2.24, 2.45) is 0 Å². The number of hydrogen-bond acceptors (Lipinski definition) is 6. The van der Waals surface area contributed by atoms with E-state index < -0.39 is 27.6 Å². The van der Waals surface area contributed by atoms with E-state index in [1.165, 1.54) is 6.07 Å². The summed E-state index contributed by atoms with van der Waals surface area (Å²) >= 11 is 0. The minimum atomic E-state index is -4.05. The van der Waals surface area contributed by atoms with Crippen LogP contribution in [-0.2, 0) is 10.0 Å². The summed E-state index contributed by atoms with van der Waals surface area (Å²) in [5, 5.41) is 0.617. The van der Waals surface area contributed by atoms with Gasteiger partial charge in [-0.3, -0.25) is 4.79 Å². The first-order chi connectivity index (χ1) is 19.7. The third-order valence-electron chi connectivity index (χ3n) is 7.07. The Morgan fingerprint density at radius 3 is 2.22 bits per heavy atom. The summed E-state index contributed by atoms with van der Waals surface area (Å²) in [6.45, 7) is 1.88. The molecule has 7 nitrogen and oxygen atoms in total. The van der Waals surface area contributed by atoms with E-state index in [1.54, 1.807) is 104 Å². The second-order valence-electron chi connectivity index (χ2n) is 9.80. The van der Waals surface area contributed by atoms with Crippen LogP contribution < -0.4 is 15.1 Å². The van der Waals surface area contributed by atoms with Gasteiger partial charge in [0.05, 0.1) is 18.0 Å². The third kappa shape index (κ3) is 6.29. The standard InChI is InChI=1S/C33H29NO6S/c1-22-12-18-26(19-13-22)41(37,38)34-33(24-14-16-25(39-2)17-15-24)29(20-30(35)23-8-4-3-5-9-23)28-21-32(36)40-31-11-7-6-10-27(28)31/h3-19,21,29,33-34H,20H2,1-2H3/t29-,33+/m0/s1. The first kappa shape index (κ1) is 28.0. The van der Waals surface area contributed by atoms with Gasteiger partial charge in [-0.1, -0.05) is 78.4 Å². The lowest BCUT2D eigenvalue weighted by molar-refractivity contribution is 0.0968. The van der Waals surface area contributed by atoms with Crippen molar-refractivity contribution in [1.82, 2.24) is 4.72 Å². The van der Waals surface area contributed by atoms with Gasteiger partial charge in [-0.05, 0) is 48.4 Å². The second-order valence-corrected chi connectivity index (χ2v) is 11.5. The van der Waals surface area contributed by atoms with Crippen molar-refractivity contribution in [3.63, 3.8) is 0 Å².